The second-order valence-electron chi connectivity index (χ2n) is 3.48. The van der Waals surface area contributed by atoms with Crippen molar-refractivity contribution in [1.82, 2.24) is 9.78 Å². The van der Waals surface area contributed by atoms with Gasteiger partial charge in [-0.15, -0.1) is 0 Å². The van der Waals surface area contributed by atoms with E-state index in [1.807, 2.05) is 0 Å². The monoisotopic (exact) mass is 244 g/mol. The Bertz CT molecular complexity index is 601. The van der Waals surface area contributed by atoms with Crippen LogP contribution in [-0.2, 0) is 13.2 Å². The number of benzene rings is 1. The molecule has 0 spiro atoms. The predicted octanol–water partition coefficient (Wildman–Crippen LogP) is 2.29. The molecule has 1 heterocycles. The number of carboxylic acid groups (broad SMARTS) is 1. The molecule has 0 radical (unpaired) electrons. The summed E-state index contributed by atoms with van der Waals surface area (Å²) in [6.07, 6.45) is -4.54. The van der Waals surface area contributed by atoms with E-state index >= 15 is 0 Å². The highest BCUT2D eigenvalue weighted by Crippen LogP contribution is 2.35. The maximum atomic E-state index is 12.7. The Labute approximate surface area is 93.3 Å². The first-order chi connectivity index (χ1) is 7.82. The largest absolute Gasteiger partial charge is 0.476 e. The van der Waals surface area contributed by atoms with Crippen molar-refractivity contribution in [3.63, 3.8) is 0 Å². The molecule has 2 aromatic rings. The Kier molecular flexibility index (Phi) is 2.34. The molecular formula is C10H7F3N2O2. The molecule has 0 aliphatic rings. The van der Waals surface area contributed by atoms with Gasteiger partial charge in [-0.3, -0.25) is 4.68 Å². The lowest BCUT2D eigenvalue weighted by Gasteiger charge is -2.08. The van der Waals surface area contributed by atoms with Gasteiger partial charge >= 0.3 is 12.1 Å². The standard InChI is InChI=1S/C10H7F3N2O2/c1-15-8-5(7(14-15)9(16)17)3-2-4-6(8)10(11,12)13/h2-4H,1H3,(H,16,17). The number of alkyl halides is 3. The van der Waals surface area contributed by atoms with Crippen molar-refractivity contribution in [3.05, 3.63) is 29.5 Å². The number of carboxylic acids is 1. The van der Waals surface area contributed by atoms with Crippen LogP contribution in [0.1, 0.15) is 16.1 Å². The number of aromatic nitrogens is 2. The smallest absolute Gasteiger partial charge is 0.418 e. The number of para-hydroxylation sites is 1. The average molecular weight is 244 g/mol. The van der Waals surface area contributed by atoms with Gasteiger partial charge in [0.15, 0.2) is 5.69 Å². The van der Waals surface area contributed by atoms with Crippen LogP contribution in [-0.4, -0.2) is 20.9 Å². The van der Waals surface area contributed by atoms with E-state index in [9.17, 15) is 18.0 Å². The molecule has 0 atom stereocenters. The van der Waals surface area contributed by atoms with Gasteiger partial charge in [0.25, 0.3) is 0 Å². The Morgan fingerprint density at radius 1 is 1.41 bits per heavy atom. The average Bonchev–Trinajstić information content (AvgIpc) is 2.55. The molecule has 1 aromatic heterocycles. The maximum Gasteiger partial charge on any atom is 0.418 e. The third-order valence-corrected chi connectivity index (χ3v) is 2.37. The van der Waals surface area contributed by atoms with E-state index in [0.29, 0.717) is 0 Å². The third-order valence-electron chi connectivity index (χ3n) is 2.37. The quantitative estimate of drug-likeness (QED) is 0.837. The zero-order valence-electron chi connectivity index (χ0n) is 8.62. The van der Waals surface area contributed by atoms with E-state index < -0.39 is 17.7 Å². The number of rotatable bonds is 1. The Hall–Kier alpha value is -2.05. The van der Waals surface area contributed by atoms with Crippen LogP contribution in [0, 0.1) is 0 Å². The van der Waals surface area contributed by atoms with Crippen LogP contribution < -0.4 is 0 Å². The van der Waals surface area contributed by atoms with Gasteiger partial charge in [0.2, 0.25) is 0 Å². The summed E-state index contributed by atoms with van der Waals surface area (Å²) >= 11 is 0. The Morgan fingerprint density at radius 2 is 2.06 bits per heavy atom. The number of aryl methyl sites for hydroxylation is 1. The number of halogens is 3. The van der Waals surface area contributed by atoms with Crippen LogP contribution in [0.4, 0.5) is 13.2 Å². The Morgan fingerprint density at radius 3 is 2.59 bits per heavy atom. The zero-order chi connectivity index (χ0) is 12.8. The lowest BCUT2D eigenvalue weighted by atomic mass is 10.1. The highest BCUT2D eigenvalue weighted by molar-refractivity contribution is 6.02. The van der Waals surface area contributed by atoms with Crippen molar-refractivity contribution in [3.8, 4) is 0 Å². The van der Waals surface area contributed by atoms with Gasteiger partial charge in [0.1, 0.15) is 0 Å². The minimum atomic E-state index is -4.54. The summed E-state index contributed by atoms with van der Waals surface area (Å²) in [6, 6.07) is 3.37. The van der Waals surface area contributed by atoms with Gasteiger partial charge in [-0.1, -0.05) is 12.1 Å². The normalized spacial score (nSPS) is 12.0. The first-order valence-corrected chi connectivity index (χ1v) is 4.58. The second kappa shape index (κ2) is 3.47. The van der Waals surface area contributed by atoms with Gasteiger partial charge in [0.05, 0.1) is 11.1 Å². The molecule has 7 heteroatoms. The molecular weight excluding hydrogens is 237 g/mol. The van der Waals surface area contributed by atoms with Crippen LogP contribution in [0.25, 0.3) is 10.9 Å². The number of fused-ring (bicyclic) bond motifs is 1. The van der Waals surface area contributed by atoms with Crippen molar-refractivity contribution in [2.75, 3.05) is 0 Å². The first kappa shape index (κ1) is 11.4. The molecule has 17 heavy (non-hydrogen) atoms. The van der Waals surface area contributed by atoms with Crippen LogP contribution in [0.3, 0.4) is 0 Å². The minimum absolute atomic E-state index is 0.0187. The molecule has 0 bridgehead atoms. The number of hydrogen-bond donors (Lipinski definition) is 1. The van der Waals surface area contributed by atoms with Crippen LogP contribution >= 0.6 is 0 Å². The molecule has 4 nitrogen and oxygen atoms in total. The molecule has 0 saturated carbocycles. The van der Waals surface area contributed by atoms with Crippen molar-refractivity contribution in [1.29, 1.82) is 0 Å². The van der Waals surface area contributed by atoms with E-state index in [-0.39, 0.29) is 16.6 Å². The maximum absolute atomic E-state index is 12.7. The predicted molar refractivity (Wildman–Crippen MR) is 52.7 cm³/mol. The van der Waals surface area contributed by atoms with E-state index in [1.165, 1.54) is 19.2 Å². The number of carbonyl (C=O) groups is 1. The fourth-order valence-corrected chi connectivity index (χ4v) is 1.72. The summed E-state index contributed by atoms with van der Waals surface area (Å²) < 4.78 is 39.1. The van der Waals surface area contributed by atoms with Gasteiger partial charge in [-0.2, -0.15) is 18.3 Å². The number of nitrogens with zero attached hydrogens (tertiary/aromatic N) is 2. The van der Waals surface area contributed by atoms with Crippen molar-refractivity contribution < 1.29 is 23.1 Å². The fourth-order valence-electron chi connectivity index (χ4n) is 1.72. The molecule has 0 aliphatic heterocycles. The van der Waals surface area contributed by atoms with Gasteiger partial charge in [-0.05, 0) is 6.07 Å². The highest BCUT2D eigenvalue weighted by atomic mass is 19.4. The van der Waals surface area contributed by atoms with Crippen molar-refractivity contribution in [2.24, 2.45) is 7.05 Å². The molecule has 0 amide bonds. The summed E-state index contributed by atoms with van der Waals surface area (Å²) in [7, 11) is 1.28. The molecule has 0 saturated heterocycles. The number of aromatic carboxylic acids is 1. The van der Waals surface area contributed by atoms with E-state index in [4.69, 9.17) is 5.11 Å². The molecule has 2 rings (SSSR count). The van der Waals surface area contributed by atoms with Crippen LogP contribution in [0.5, 0.6) is 0 Å². The third kappa shape index (κ3) is 1.73. The summed E-state index contributed by atoms with van der Waals surface area (Å²) in [4.78, 5) is 10.8. The van der Waals surface area contributed by atoms with Crippen LogP contribution in [0.2, 0.25) is 0 Å². The molecule has 0 aliphatic carbocycles. The summed E-state index contributed by atoms with van der Waals surface area (Å²) in [5.41, 5.74) is -1.50. The molecule has 0 fully saturated rings. The van der Waals surface area contributed by atoms with Crippen molar-refractivity contribution >= 4 is 16.9 Å². The number of hydrogen-bond acceptors (Lipinski definition) is 2. The van der Waals surface area contributed by atoms with E-state index in [0.717, 1.165) is 10.7 Å². The summed E-state index contributed by atoms with van der Waals surface area (Å²) in [5, 5.41) is 12.4. The zero-order valence-corrected chi connectivity index (χ0v) is 8.62. The second-order valence-corrected chi connectivity index (χ2v) is 3.48. The SMILES string of the molecule is Cn1nc(C(=O)O)c2cccc(C(F)(F)F)c21. The lowest BCUT2D eigenvalue weighted by molar-refractivity contribution is -0.136. The molecule has 90 valence electrons. The lowest BCUT2D eigenvalue weighted by Crippen LogP contribution is -2.07. The van der Waals surface area contributed by atoms with Gasteiger partial charge in [0, 0.05) is 12.4 Å². The molecule has 1 aromatic carbocycles. The molecule has 0 unspecified atom stereocenters. The molecule has 1 N–H and O–H groups in total. The summed E-state index contributed by atoms with van der Waals surface area (Å²) in [5.74, 6) is -1.35. The van der Waals surface area contributed by atoms with E-state index in [1.54, 1.807) is 0 Å². The summed E-state index contributed by atoms with van der Waals surface area (Å²) in [6.45, 7) is 0. The Balaban J connectivity index is 2.87. The minimum Gasteiger partial charge on any atom is -0.476 e. The van der Waals surface area contributed by atoms with Crippen molar-refractivity contribution in [2.45, 2.75) is 6.18 Å². The first-order valence-electron chi connectivity index (χ1n) is 4.58. The highest BCUT2D eigenvalue weighted by Gasteiger charge is 2.34. The van der Waals surface area contributed by atoms with Gasteiger partial charge < -0.3 is 5.11 Å². The fraction of sp³-hybridized carbons (Fsp3) is 0.200. The topological polar surface area (TPSA) is 55.1 Å². The van der Waals surface area contributed by atoms with Gasteiger partial charge in [-0.25, -0.2) is 4.79 Å². The van der Waals surface area contributed by atoms with Crippen LogP contribution in [0.15, 0.2) is 18.2 Å². The van der Waals surface area contributed by atoms with E-state index in [2.05, 4.69) is 5.10 Å².